The van der Waals surface area contributed by atoms with Crippen LogP contribution in [0.1, 0.15) is 52.1 Å². The van der Waals surface area contributed by atoms with Gasteiger partial charge in [-0.2, -0.15) is 0 Å². The molecule has 0 aliphatic heterocycles. The number of carbonyl (C=O) groups excluding carboxylic acids is 2. The molecule has 2 atom stereocenters. The van der Waals surface area contributed by atoms with Crippen molar-refractivity contribution in [3.63, 3.8) is 0 Å². The molecule has 124 valence electrons. The summed E-state index contributed by atoms with van der Waals surface area (Å²) in [5, 5.41) is 5.65. The maximum atomic E-state index is 12.2. The first-order valence-corrected chi connectivity index (χ1v) is 7.23. The van der Waals surface area contributed by atoms with Crippen molar-refractivity contribution < 1.29 is 9.59 Å². The fourth-order valence-corrected chi connectivity index (χ4v) is 2.17. The Morgan fingerprint density at radius 2 is 2.00 bits per heavy atom. The summed E-state index contributed by atoms with van der Waals surface area (Å²) >= 11 is 0. The second-order valence-corrected chi connectivity index (χ2v) is 5.67. The Kier molecular flexibility index (Phi) is 8.12. The van der Waals surface area contributed by atoms with Gasteiger partial charge in [-0.25, -0.2) is 0 Å². The Hall–Kier alpha value is -1.59. The topological polar surface area (TPSA) is 84.2 Å². The summed E-state index contributed by atoms with van der Waals surface area (Å²) in [6.45, 7) is 7.10. The van der Waals surface area contributed by atoms with E-state index < -0.39 is 5.54 Å². The third-order valence-corrected chi connectivity index (χ3v) is 3.34. The van der Waals surface area contributed by atoms with Gasteiger partial charge in [-0.1, -0.05) is 25.5 Å². The van der Waals surface area contributed by atoms with Gasteiger partial charge in [0.25, 0.3) is 0 Å². The predicted molar refractivity (Wildman–Crippen MR) is 92.1 cm³/mol. The minimum absolute atomic E-state index is 0. The van der Waals surface area contributed by atoms with Gasteiger partial charge in [-0.15, -0.1) is 12.4 Å². The van der Waals surface area contributed by atoms with Crippen molar-refractivity contribution in [3.05, 3.63) is 29.8 Å². The standard InChI is InChI=1S/C16H25N3O2.ClH/c1-5-9-16(4,17)15(21)18-11(2)13-7-6-8-14(10-13)19-12(3)20;/h6-8,10-11H,5,9,17H2,1-4H3,(H,18,21)(H,19,20);1H. The zero-order valence-electron chi connectivity index (χ0n) is 13.6. The van der Waals surface area contributed by atoms with Crippen molar-refractivity contribution in [2.24, 2.45) is 5.73 Å². The molecule has 1 aromatic rings. The van der Waals surface area contributed by atoms with Crippen molar-refractivity contribution >= 4 is 29.9 Å². The number of anilines is 1. The van der Waals surface area contributed by atoms with Gasteiger partial charge in [0.15, 0.2) is 0 Å². The maximum Gasteiger partial charge on any atom is 0.240 e. The van der Waals surface area contributed by atoms with Crippen LogP contribution in [0.2, 0.25) is 0 Å². The predicted octanol–water partition coefficient (Wildman–Crippen LogP) is 2.76. The summed E-state index contributed by atoms with van der Waals surface area (Å²) in [4.78, 5) is 23.3. The van der Waals surface area contributed by atoms with Crippen LogP contribution in [0.15, 0.2) is 24.3 Å². The zero-order chi connectivity index (χ0) is 16.0. The molecule has 0 fully saturated rings. The minimum Gasteiger partial charge on any atom is -0.348 e. The molecule has 2 amide bonds. The Morgan fingerprint density at radius 3 is 2.55 bits per heavy atom. The lowest BCUT2D eigenvalue weighted by atomic mass is 9.95. The lowest BCUT2D eigenvalue weighted by Crippen LogP contribution is -2.52. The number of nitrogens with two attached hydrogens (primary N) is 1. The first-order chi connectivity index (χ1) is 9.76. The molecular weight excluding hydrogens is 302 g/mol. The quantitative estimate of drug-likeness (QED) is 0.751. The first kappa shape index (κ1) is 20.4. The highest BCUT2D eigenvalue weighted by atomic mass is 35.5. The van der Waals surface area contributed by atoms with E-state index in [0.717, 1.165) is 12.0 Å². The van der Waals surface area contributed by atoms with Crippen LogP contribution in [0.4, 0.5) is 5.69 Å². The van der Waals surface area contributed by atoms with Crippen LogP contribution in [0.3, 0.4) is 0 Å². The third-order valence-electron chi connectivity index (χ3n) is 3.34. The summed E-state index contributed by atoms with van der Waals surface area (Å²) in [7, 11) is 0. The number of hydrogen-bond donors (Lipinski definition) is 3. The maximum absolute atomic E-state index is 12.2. The van der Waals surface area contributed by atoms with Crippen molar-refractivity contribution in [3.8, 4) is 0 Å². The molecular formula is C16H26ClN3O2. The highest BCUT2D eigenvalue weighted by molar-refractivity contribution is 5.89. The number of amides is 2. The van der Waals surface area contributed by atoms with E-state index >= 15 is 0 Å². The molecule has 5 nitrogen and oxygen atoms in total. The van der Waals surface area contributed by atoms with Gasteiger partial charge in [0.05, 0.1) is 11.6 Å². The van der Waals surface area contributed by atoms with Crippen molar-refractivity contribution in [1.82, 2.24) is 5.32 Å². The summed E-state index contributed by atoms with van der Waals surface area (Å²) in [6.07, 6.45) is 1.49. The van der Waals surface area contributed by atoms with Gasteiger partial charge < -0.3 is 16.4 Å². The van der Waals surface area contributed by atoms with E-state index in [1.54, 1.807) is 6.92 Å². The molecule has 6 heteroatoms. The molecule has 0 aliphatic rings. The van der Waals surface area contributed by atoms with E-state index in [1.165, 1.54) is 6.92 Å². The molecule has 1 aromatic carbocycles. The summed E-state index contributed by atoms with van der Waals surface area (Å²) in [5.41, 5.74) is 6.79. The van der Waals surface area contributed by atoms with E-state index in [4.69, 9.17) is 5.73 Å². The normalized spacial score (nSPS) is 14.2. The summed E-state index contributed by atoms with van der Waals surface area (Å²) in [5.74, 6) is -0.289. The average molecular weight is 328 g/mol. The molecule has 0 saturated heterocycles. The van der Waals surface area contributed by atoms with E-state index in [9.17, 15) is 9.59 Å². The number of nitrogens with one attached hydrogen (secondary N) is 2. The van der Waals surface area contributed by atoms with Crippen LogP contribution in [-0.4, -0.2) is 17.4 Å². The average Bonchev–Trinajstić information content (AvgIpc) is 2.38. The van der Waals surface area contributed by atoms with Crippen molar-refractivity contribution in [2.45, 2.75) is 52.1 Å². The monoisotopic (exact) mass is 327 g/mol. The van der Waals surface area contributed by atoms with Crippen molar-refractivity contribution in [2.75, 3.05) is 5.32 Å². The fraction of sp³-hybridized carbons (Fsp3) is 0.500. The van der Waals surface area contributed by atoms with Crippen LogP contribution < -0.4 is 16.4 Å². The van der Waals surface area contributed by atoms with Gasteiger partial charge in [0.1, 0.15) is 0 Å². The van der Waals surface area contributed by atoms with Crippen LogP contribution in [0, 0.1) is 0 Å². The number of rotatable bonds is 6. The minimum atomic E-state index is -0.863. The Bertz CT molecular complexity index is 518. The smallest absolute Gasteiger partial charge is 0.240 e. The molecule has 0 saturated carbocycles. The van der Waals surface area contributed by atoms with Gasteiger partial charge in [-0.05, 0) is 38.0 Å². The van der Waals surface area contributed by atoms with Crippen LogP contribution in [0.25, 0.3) is 0 Å². The summed E-state index contributed by atoms with van der Waals surface area (Å²) < 4.78 is 0. The SMILES string of the molecule is CCCC(C)(N)C(=O)NC(C)c1cccc(NC(C)=O)c1.Cl. The van der Waals surface area contributed by atoms with E-state index in [0.29, 0.717) is 12.1 Å². The Labute approximate surface area is 138 Å². The Morgan fingerprint density at radius 1 is 1.36 bits per heavy atom. The Balaban J connectivity index is 0.00000441. The van der Waals surface area contributed by atoms with E-state index in [-0.39, 0.29) is 30.3 Å². The van der Waals surface area contributed by atoms with Crippen LogP contribution >= 0.6 is 12.4 Å². The van der Waals surface area contributed by atoms with E-state index in [2.05, 4.69) is 10.6 Å². The van der Waals surface area contributed by atoms with Gasteiger partial charge in [-0.3, -0.25) is 9.59 Å². The highest BCUT2D eigenvalue weighted by Gasteiger charge is 2.28. The first-order valence-electron chi connectivity index (χ1n) is 7.23. The lowest BCUT2D eigenvalue weighted by Gasteiger charge is -2.25. The molecule has 0 bridgehead atoms. The molecule has 0 heterocycles. The van der Waals surface area contributed by atoms with Gasteiger partial charge in [0, 0.05) is 12.6 Å². The number of halogens is 1. The summed E-state index contributed by atoms with van der Waals surface area (Å²) in [6, 6.07) is 7.23. The molecule has 0 aliphatic carbocycles. The molecule has 22 heavy (non-hydrogen) atoms. The van der Waals surface area contributed by atoms with E-state index in [1.807, 2.05) is 38.1 Å². The molecule has 1 rings (SSSR count). The van der Waals surface area contributed by atoms with Gasteiger partial charge in [0.2, 0.25) is 11.8 Å². The molecule has 0 radical (unpaired) electrons. The van der Waals surface area contributed by atoms with Crippen LogP contribution in [0.5, 0.6) is 0 Å². The molecule has 0 aromatic heterocycles. The fourth-order valence-electron chi connectivity index (χ4n) is 2.17. The largest absolute Gasteiger partial charge is 0.348 e. The molecule has 4 N–H and O–H groups in total. The number of benzene rings is 1. The number of carbonyl (C=O) groups is 2. The molecule has 0 spiro atoms. The highest BCUT2D eigenvalue weighted by Crippen LogP contribution is 2.19. The second-order valence-electron chi connectivity index (χ2n) is 5.67. The molecule has 2 unspecified atom stereocenters. The third kappa shape index (κ3) is 6.03. The van der Waals surface area contributed by atoms with Gasteiger partial charge >= 0.3 is 0 Å². The second kappa shape index (κ2) is 8.76. The van der Waals surface area contributed by atoms with Crippen LogP contribution in [-0.2, 0) is 9.59 Å². The number of hydrogen-bond acceptors (Lipinski definition) is 3. The van der Waals surface area contributed by atoms with Crippen molar-refractivity contribution in [1.29, 1.82) is 0 Å². The zero-order valence-corrected chi connectivity index (χ0v) is 14.4. The lowest BCUT2D eigenvalue weighted by molar-refractivity contribution is -0.126.